The molecule has 154 valence electrons. The summed E-state index contributed by atoms with van der Waals surface area (Å²) in [5, 5.41) is 6.63. The van der Waals surface area contributed by atoms with E-state index < -0.39 is 0 Å². The van der Waals surface area contributed by atoms with Crippen molar-refractivity contribution in [1.82, 2.24) is 10.6 Å². The molecule has 2 N–H and O–H groups in total. The van der Waals surface area contributed by atoms with Crippen LogP contribution in [-0.4, -0.2) is 59.1 Å². The van der Waals surface area contributed by atoms with Crippen LogP contribution in [0.15, 0.2) is 29.3 Å². The fourth-order valence-electron chi connectivity index (χ4n) is 2.72. The second kappa shape index (κ2) is 14.0. The SMILES string of the molecule is CN=C(NCCOCCC(C)C)NCc1ccc(N2CCOCC2)cc1.I. The summed E-state index contributed by atoms with van der Waals surface area (Å²) in [5.41, 5.74) is 2.50. The minimum atomic E-state index is 0. The maximum atomic E-state index is 5.61. The molecule has 0 saturated carbocycles. The van der Waals surface area contributed by atoms with Crippen molar-refractivity contribution in [2.75, 3.05) is 58.0 Å². The second-order valence-corrected chi connectivity index (χ2v) is 6.91. The minimum Gasteiger partial charge on any atom is -0.380 e. The fraction of sp³-hybridized carbons (Fsp3) is 0.650. The number of rotatable bonds is 9. The molecule has 2 rings (SSSR count). The van der Waals surface area contributed by atoms with E-state index in [1.54, 1.807) is 7.05 Å². The Labute approximate surface area is 181 Å². The zero-order valence-electron chi connectivity index (χ0n) is 16.9. The highest BCUT2D eigenvalue weighted by atomic mass is 127. The molecule has 0 unspecified atom stereocenters. The highest BCUT2D eigenvalue weighted by molar-refractivity contribution is 14.0. The molecule has 1 aromatic carbocycles. The van der Waals surface area contributed by atoms with Gasteiger partial charge in [0.2, 0.25) is 0 Å². The topological polar surface area (TPSA) is 58.1 Å². The predicted molar refractivity (Wildman–Crippen MR) is 123 cm³/mol. The third-order valence-corrected chi connectivity index (χ3v) is 4.37. The summed E-state index contributed by atoms with van der Waals surface area (Å²) in [6.45, 7) is 11.0. The van der Waals surface area contributed by atoms with Gasteiger partial charge in [-0.05, 0) is 30.0 Å². The van der Waals surface area contributed by atoms with Crippen molar-refractivity contribution in [3.8, 4) is 0 Å². The van der Waals surface area contributed by atoms with E-state index in [0.29, 0.717) is 12.5 Å². The van der Waals surface area contributed by atoms with Gasteiger partial charge in [-0.3, -0.25) is 4.99 Å². The van der Waals surface area contributed by atoms with Crippen LogP contribution in [0, 0.1) is 5.92 Å². The summed E-state index contributed by atoms with van der Waals surface area (Å²) in [5.74, 6) is 1.49. The Bertz CT molecular complexity index is 531. The lowest BCUT2D eigenvalue weighted by Crippen LogP contribution is -2.38. The number of halogens is 1. The first-order chi connectivity index (χ1) is 12.7. The van der Waals surface area contributed by atoms with Gasteiger partial charge in [-0.2, -0.15) is 0 Å². The van der Waals surface area contributed by atoms with Gasteiger partial charge in [0.25, 0.3) is 0 Å². The first-order valence-corrected chi connectivity index (χ1v) is 9.63. The molecular weight excluding hydrogens is 455 g/mol. The van der Waals surface area contributed by atoms with Gasteiger partial charge in [0.15, 0.2) is 5.96 Å². The summed E-state index contributed by atoms with van der Waals surface area (Å²) in [7, 11) is 1.79. The van der Waals surface area contributed by atoms with Crippen LogP contribution >= 0.6 is 24.0 Å². The number of nitrogens with one attached hydrogen (secondary N) is 2. The standard InChI is InChI=1S/C20H34N4O2.HI/c1-17(2)8-12-25-13-9-22-20(21-3)23-16-18-4-6-19(7-5-18)24-10-14-26-15-11-24;/h4-7,17H,8-16H2,1-3H3,(H2,21,22,23);1H. The van der Waals surface area contributed by atoms with Crippen LogP contribution in [0.2, 0.25) is 0 Å². The van der Waals surface area contributed by atoms with E-state index in [4.69, 9.17) is 9.47 Å². The Morgan fingerprint density at radius 2 is 1.85 bits per heavy atom. The van der Waals surface area contributed by atoms with Crippen molar-refractivity contribution in [3.05, 3.63) is 29.8 Å². The Hall–Kier alpha value is -1.06. The highest BCUT2D eigenvalue weighted by Gasteiger charge is 2.10. The van der Waals surface area contributed by atoms with Crippen molar-refractivity contribution in [3.63, 3.8) is 0 Å². The first kappa shape index (κ1) is 24.0. The van der Waals surface area contributed by atoms with Crippen molar-refractivity contribution in [2.24, 2.45) is 10.9 Å². The lowest BCUT2D eigenvalue weighted by molar-refractivity contribution is 0.122. The number of benzene rings is 1. The maximum Gasteiger partial charge on any atom is 0.191 e. The number of aliphatic imine (C=N–C) groups is 1. The maximum absolute atomic E-state index is 5.61. The molecule has 0 bridgehead atoms. The Morgan fingerprint density at radius 3 is 2.48 bits per heavy atom. The molecule has 0 spiro atoms. The number of anilines is 1. The zero-order valence-corrected chi connectivity index (χ0v) is 19.2. The number of ether oxygens (including phenoxy) is 2. The Kier molecular flexibility index (Phi) is 12.4. The molecule has 1 aromatic rings. The van der Waals surface area contributed by atoms with E-state index in [9.17, 15) is 0 Å². The van der Waals surface area contributed by atoms with Gasteiger partial charge in [-0.15, -0.1) is 24.0 Å². The molecule has 1 fully saturated rings. The van der Waals surface area contributed by atoms with Gasteiger partial charge < -0.3 is 25.0 Å². The lowest BCUT2D eigenvalue weighted by Gasteiger charge is -2.28. The highest BCUT2D eigenvalue weighted by Crippen LogP contribution is 2.16. The van der Waals surface area contributed by atoms with Gasteiger partial charge in [-0.25, -0.2) is 0 Å². The van der Waals surface area contributed by atoms with Crippen LogP contribution < -0.4 is 15.5 Å². The molecule has 0 radical (unpaired) electrons. The van der Waals surface area contributed by atoms with Gasteiger partial charge in [0, 0.05) is 45.5 Å². The number of guanidine groups is 1. The number of hydrogen-bond acceptors (Lipinski definition) is 4. The minimum absolute atomic E-state index is 0. The van der Waals surface area contributed by atoms with E-state index in [1.165, 1.54) is 11.3 Å². The average molecular weight is 490 g/mol. The third-order valence-electron chi connectivity index (χ3n) is 4.37. The predicted octanol–water partition coefficient (Wildman–Crippen LogP) is 2.87. The fourth-order valence-corrected chi connectivity index (χ4v) is 2.72. The molecular formula is C20H35IN4O2. The molecule has 0 aromatic heterocycles. The van der Waals surface area contributed by atoms with Gasteiger partial charge in [-0.1, -0.05) is 26.0 Å². The molecule has 0 aliphatic carbocycles. The summed E-state index contributed by atoms with van der Waals surface area (Å²) in [6.07, 6.45) is 1.10. The summed E-state index contributed by atoms with van der Waals surface area (Å²) in [6, 6.07) is 8.70. The monoisotopic (exact) mass is 490 g/mol. The summed E-state index contributed by atoms with van der Waals surface area (Å²) >= 11 is 0. The third kappa shape index (κ3) is 9.62. The van der Waals surface area contributed by atoms with E-state index in [2.05, 4.69) is 58.6 Å². The van der Waals surface area contributed by atoms with Gasteiger partial charge in [0.05, 0.1) is 19.8 Å². The van der Waals surface area contributed by atoms with E-state index in [1.807, 2.05) is 0 Å². The zero-order chi connectivity index (χ0) is 18.6. The molecule has 1 aliphatic rings. The lowest BCUT2D eigenvalue weighted by atomic mass is 10.1. The van der Waals surface area contributed by atoms with Gasteiger partial charge >= 0.3 is 0 Å². The van der Waals surface area contributed by atoms with Crippen molar-refractivity contribution in [1.29, 1.82) is 0 Å². The molecule has 0 amide bonds. The Balaban J connectivity index is 0.00000364. The average Bonchev–Trinajstić information content (AvgIpc) is 2.67. The van der Waals surface area contributed by atoms with Crippen molar-refractivity contribution < 1.29 is 9.47 Å². The normalized spacial score (nSPS) is 14.8. The van der Waals surface area contributed by atoms with Crippen molar-refractivity contribution >= 4 is 35.6 Å². The summed E-state index contributed by atoms with van der Waals surface area (Å²) < 4.78 is 11.0. The molecule has 1 aliphatic heterocycles. The Morgan fingerprint density at radius 1 is 1.15 bits per heavy atom. The molecule has 6 nitrogen and oxygen atoms in total. The number of nitrogens with zero attached hydrogens (tertiary/aromatic N) is 2. The van der Waals surface area contributed by atoms with Crippen LogP contribution in [-0.2, 0) is 16.0 Å². The van der Waals surface area contributed by atoms with E-state index in [0.717, 1.165) is 58.4 Å². The largest absolute Gasteiger partial charge is 0.380 e. The molecule has 1 heterocycles. The van der Waals surface area contributed by atoms with Crippen LogP contribution in [0.3, 0.4) is 0 Å². The number of hydrogen-bond donors (Lipinski definition) is 2. The molecule has 27 heavy (non-hydrogen) atoms. The second-order valence-electron chi connectivity index (χ2n) is 6.91. The first-order valence-electron chi connectivity index (χ1n) is 9.63. The van der Waals surface area contributed by atoms with E-state index >= 15 is 0 Å². The van der Waals surface area contributed by atoms with Crippen LogP contribution in [0.1, 0.15) is 25.8 Å². The van der Waals surface area contributed by atoms with Crippen LogP contribution in [0.4, 0.5) is 5.69 Å². The smallest absolute Gasteiger partial charge is 0.191 e. The molecule has 7 heteroatoms. The number of morpholine rings is 1. The van der Waals surface area contributed by atoms with Gasteiger partial charge in [0.1, 0.15) is 0 Å². The molecule has 1 saturated heterocycles. The van der Waals surface area contributed by atoms with Crippen LogP contribution in [0.5, 0.6) is 0 Å². The summed E-state index contributed by atoms with van der Waals surface area (Å²) in [4.78, 5) is 6.62. The van der Waals surface area contributed by atoms with Crippen molar-refractivity contribution in [2.45, 2.75) is 26.8 Å². The van der Waals surface area contributed by atoms with Crippen LogP contribution in [0.25, 0.3) is 0 Å². The quantitative estimate of drug-likeness (QED) is 0.241. The molecule has 0 atom stereocenters. The van der Waals surface area contributed by atoms with E-state index in [-0.39, 0.29) is 24.0 Å².